The summed E-state index contributed by atoms with van der Waals surface area (Å²) in [4.78, 5) is 17.4. The highest BCUT2D eigenvalue weighted by Crippen LogP contribution is 2.27. The monoisotopic (exact) mass is 424 g/mol. The molecule has 3 aromatic heterocycles. The third-order valence-corrected chi connectivity index (χ3v) is 5.03. The molecule has 0 aliphatic heterocycles. The van der Waals surface area contributed by atoms with Crippen molar-refractivity contribution in [3.05, 3.63) is 108 Å². The summed E-state index contributed by atoms with van der Waals surface area (Å²) < 4.78 is 13.5. The second-order valence-electron chi connectivity index (χ2n) is 7.16. The van der Waals surface area contributed by atoms with Crippen molar-refractivity contribution in [2.75, 3.05) is 0 Å². The first-order valence-corrected chi connectivity index (χ1v) is 10.2. The predicted octanol–water partition coefficient (Wildman–Crippen LogP) is 4.52. The van der Waals surface area contributed by atoms with Crippen molar-refractivity contribution in [3.63, 3.8) is 0 Å². The first-order valence-electron chi connectivity index (χ1n) is 10.2. The quantitative estimate of drug-likeness (QED) is 0.415. The second kappa shape index (κ2) is 8.77. The van der Waals surface area contributed by atoms with Crippen LogP contribution >= 0.6 is 0 Å². The van der Waals surface area contributed by atoms with E-state index in [1.807, 2.05) is 79.0 Å². The van der Waals surface area contributed by atoms with E-state index in [4.69, 9.17) is 9.15 Å². The molecule has 5 rings (SSSR count). The molecular formula is C25H20N4O3. The van der Waals surface area contributed by atoms with E-state index in [0.717, 1.165) is 16.7 Å². The van der Waals surface area contributed by atoms with Gasteiger partial charge in [0.05, 0.1) is 0 Å². The first-order chi connectivity index (χ1) is 15.8. The lowest BCUT2D eigenvalue weighted by Crippen LogP contribution is -2.23. The Morgan fingerprint density at radius 2 is 1.84 bits per heavy atom. The molecular weight excluding hydrogens is 404 g/mol. The van der Waals surface area contributed by atoms with Crippen LogP contribution in [0.25, 0.3) is 16.8 Å². The molecule has 158 valence electrons. The lowest BCUT2D eigenvalue weighted by atomic mass is 10.1. The lowest BCUT2D eigenvalue weighted by Gasteiger charge is -2.08. The van der Waals surface area contributed by atoms with Crippen molar-refractivity contribution in [1.82, 2.24) is 20.1 Å². The van der Waals surface area contributed by atoms with Gasteiger partial charge in [-0.3, -0.25) is 4.79 Å². The Bertz CT molecular complexity index is 1340. The highest BCUT2D eigenvalue weighted by atomic mass is 16.5. The zero-order valence-electron chi connectivity index (χ0n) is 17.1. The van der Waals surface area contributed by atoms with Crippen LogP contribution in [0.15, 0.2) is 95.8 Å². The molecule has 0 saturated carbocycles. The van der Waals surface area contributed by atoms with Gasteiger partial charge in [0.2, 0.25) is 0 Å². The summed E-state index contributed by atoms with van der Waals surface area (Å²) in [5.41, 5.74) is 2.26. The average Bonchev–Trinajstić information content (AvgIpc) is 3.51. The topological polar surface area (TPSA) is 82.2 Å². The maximum Gasteiger partial charge on any atom is 0.287 e. The number of aromatic nitrogens is 3. The number of fused-ring (bicyclic) bond motifs is 1. The van der Waals surface area contributed by atoms with Gasteiger partial charge in [0.25, 0.3) is 5.91 Å². The molecule has 0 bridgehead atoms. The number of hydrogen-bond acceptors (Lipinski definition) is 5. The molecule has 32 heavy (non-hydrogen) atoms. The number of carbonyl (C=O) groups is 1. The Kier molecular flexibility index (Phi) is 5.36. The molecule has 0 aliphatic carbocycles. The number of hydrogen-bond donors (Lipinski definition) is 1. The smallest absolute Gasteiger partial charge is 0.287 e. The number of nitrogens with zero attached hydrogens (tertiary/aromatic N) is 3. The van der Waals surface area contributed by atoms with E-state index < -0.39 is 0 Å². The maximum absolute atomic E-state index is 13.0. The van der Waals surface area contributed by atoms with Gasteiger partial charge in [-0.15, -0.1) is 0 Å². The SMILES string of the molecule is O=C(NCc1ccnc(-n2cccn2)c1)c1oc2ccccc2c1COc1ccccc1. The molecule has 0 saturated heterocycles. The van der Waals surface area contributed by atoms with Crippen molar-refractivity contribution < 1.29 is 13.9 Å². The molecule has 0 fully saturated rings. The third kappa shape index (κ3) is 4.09. The van der Waals surface area contributed by atoms with Gasteiger partial charge in [0.15, 0.2) is 11.6 Å². The normalized spacial score (nSPS) is 10.9. The Hall–Kier alpha value is -4.39. The molecule has 3 heterocycles. The Balaban J connectivity index is 1.36. The number of nitrogens with one attached hydrogen (secondary N) is 1. The van der Waals surface area contributed by atoms with Crippen molar-refractivity contribution >= 4 is 16.9 Å². The number of pyridine rings is 1. The van der Waals surface area contributed by atoms with Gasteiger partial charge in [-0.1, -0.05) is 36.4 Å². The summed E-state index contributed by atoms with van der Waals surface area (Å²) in [6.07, 6.45) is 5.20. The molecule has 0 aliphatic rings. The molecule has 5 aromatic rings. The molecule has 7 nitrogen and oxygen atoms in total. The molecule has 1 N–H and O–H groups in total. The predicted molar refractivity (Wildman–Crippen MR) is 120 cm³/mol. The van der Waals surface area contributed by atoms with E-state index in [2.05, 4.69) is 15.4 Å². The summed E-state index contributed by atoms with van der Waals surface area (Å²) >= 11 is 0. The van der Waals surface area contributed by atoms with Gasteiger partial charge in [0.1, 0.15) is 17.9 Å². The van der Waals surface area contributed by atoms with Crippen molar-refractivity contribution in [2.24, 2.45) is 0 Å². The zero-order chi connectivity index (χ0) is 21.8. The minimum atomic E-state index is -0.301. The number of carbonyl (C=O) groups excluding carboxylic acids is 1. The van der Waals surface area contributed by atoms with E-state index >= 15 is 0 Å². The van der Waals surface area contributed by atoms with Crippen LogP contribution in [0.3, 0.4) is 0 Å². The summed E-state index contributed by atoms with van der Waals surface area (Å²) in [7, 11) is 0. The van der Waals surface area contributed by atoms with Gasteiger partial charge in [-0.25, -0.2) is 9.67 Å². The fraction of sp³-hybridized carbons (Fsp3) is 0.0800. The fourth-order valence-electron chi connectivity index (χ4n) is 3.46. The van der Waals surface area contributed by atoms with Crippen LogP contribution in [0.4, 0.5) is 0 Å². The number of para-hydroxylation sites is 2. The minimum Gasteiger partial charge on any atom is -0.489 e. The summed E-state index contributed by atoms with van der Waals surface area (Å²) in [5, 5.41) is 7.99. The van der Waals surface area contributed by atoms with Gasteiger partial charge >= 0.3 is 0 Å². The number of rotatable bonds is 7. The highest BCUT2D eigenvalue weighted by Gasteiger charge is 2.21. The number of benzene rings is 2. The largest absolute Gasteiger partial charge is 0.489 e. The van der Waals surface area contributed by atoms with E-state index in [0.29, 0.717) is 23.5 Å². The Morgan fingerprint density at radius 3 is 2.69 bits per heavy atom. The maximum atomic E-state index is 13.0. The fourth-order valence-corrected chi connectivity index (χ4v) is 3.46. The Labute approximate surface area is 184 Å². The molecule has 0 radical (unpaired) electrons. The van der Waals surface area contributed by atoms with E-state index in [1.165, 1.54) is 0 Å². The third-order valence-electron chi connectivity index (χ3n) is 5.03. The highest BCUT2D eigenvalue weighted by molar-refractivity contribution is 5.99. The van der Waals surface area contributed by atoms with Crippen LogP contribution in [0.2, 0.25) is 0 Å². The molecule has 1 amide bonds. The lowest BCUT2D eigenvalue weighted by molar-refractivity contribution is 0.0922. The summed E-state index contributed by atoms with van der Waals surface area (Å²) in [5.74, 6) is 1.36. The van der Waals surface area contributed by atoms with Gasteiger partial charge < -0.3 is 14.5 Å². The number of furan rings is 1. The Morgan fingerprint density at radius 1 is 1.00 bits per heavy atom. The first kappa shape index (κ1) is 19.6. The number of ether oxygens (including phenoxy) is 1. The summed E-state index contributed by atoms with van der Waals surface area (Å²) in [6, 6.07) is 22.6. The molecule has 2 aromatic carbocycles. The van der Waals surface area contributed by atoms with Crippen LogP contribution in [0, 0.1) is 0 Å². The van der Waals surface area contributed by atoms with Crippen molar-refractivity contribution in [1.29, 1.82) is 0 Å². The standard InChI is InChI=1S/C25H20N4O3/c30-25(27-16-18-11-13-26-23(15-18)29-14-6-12-28-29)24-21(17-31-19-7-2-1-3-8-19)20-9-4-5-10-22(20)32-24/h1-15H,16-17H2,(H,27,30). The van der Waals surface area contributed by atoms with Crippen molar-refractivity contribution in [2.45, 2.75) is 13.2 Å². The van der Waals surface area contributed by atoms with Gasteiger partial charge in [-0.2, -0.15) is 5.10 Å². The van der Waals surface area contributed by atoms with Crippen LogP contribution in [-0.2, 0) is 13.2 Å². The zero-order valence-corrected chi connectivity index (χ0v) is 17.1. The van der Waals surface area contributed by atoms with E-state index in [9.17, 15) is 4.79 Å². The molecule has 0 spiro atoms. The van der Waals surface area contributed by atoms with Crippen molar-refractivity contribution in [3.8, 4) is 11.6 Å². The van der Waals surface area contributed by atoms with Crippen LogP contribution in [0.1, 0.15) is 21.7 Å². The van der Waals surface area contributed by atoms with E-state index in [1.54, 1.807) is 17.1 Å². The van der Waals surface area contributed by atoms with Gasteiger partial charge in [-0.05, 0) is 42.0 Å². The summed E-state index contributed by atoms with van der Waals surface area (Å²) in [6.45, 7) is 0.550. The number of amides is 1. The second-order valence-corrected chi connectivity index (χ2v) is 7.16. The molecule has 0 atom stereocenters. The minimum absolute atomic E-state index is 0.225. The van der Waals surface area contributed by atoms with Crippen LogP contribution < -0.4 is 10.1 Å². The van der Waals surface area contributed by atoms with Crippen LogP contribution in [-0.4, -0.2) is 20.7 Å². The van der Waals surface area contributed by atoms with Crippen LogP contribution in [0.5, 0.6) is 5.75 Å². The van der Waals surface area contributed by atoms with Gasteiger partial charge in [0, 0.05) is 36.1 Å². The molecule has 0 unspecified atom stereocenters. The average molecular weight is 424 g/mol. The van der Waals surface area contributed by atoms with E-state index in [-0.39, 0.29) is 18.3 Å². The molecule has 7 heteroatoms.